The second-order valence-electron chi connectivity index (χ2n) is 3.61. The highest BCUT2D eigenvalue weighted by Gasteiger charge is 2.16. The molecule has 1 heterocycles. The van der Waals surface area contributed by atoms with Crippen LogP contribution in [0.2, 0.25) is 0 Å². The van der Waals surface area contributed by atoms with E-state index in [0.29, 0.717) is 5.56 Å². The van der Waals surface area contributed by atoms with Gasteiger partial charge in [-0.3, -0.25) is 4.79 Å². The fourth-order valence-corrected chi connectivity index (χ4v) is 1.58. The summed E-state index contributed by atoms with van der Waals surface area (Å²) in [6.45, 7) is 2.99. The van der Waals surface area contributed by atoms with Gasteiger partial charge >= 0.3 is 0 Å². The van der Waals surface area contributed by atoms with Crippen molar-refractivity contribution < 1.29 is 14.3 Å². The summed E-state index contributed by atoms with van der Waals surface area (Å²) < 4.78 is 10.9. The molecule has 1 aliphatic heterocycles. The average Bonchev–Trinajstić information content (AvgIpc) is 2.30. The summed E-state index contributed by atoms with van der Waals surface area (Å²) in [5.74, 6) is 0.0626. The van der Waals surface area contributed by atoms with E-state index in [9.17, 15) is 4.79 Å². The average molecular weight is 206 g/mol. The van der Waals surface area contributed by atoms with E-state index in [2.05, 4.69) is 0 Å². The molecule has 0 saturated carbocycles. The predicted molar refractivity (Wildman–Crippen MR) is 55.7 cm³/mol. The van der Waals surface area contributed by atoms with Gasteiger partial charge in [-0.05, 0) is 19.4 Å². The Labute approximate surface area is 89.0 Å². The van der Waals surface area contributed by atoms with E-state index in [4.69, 9.17) is 9.47 Å². The topological polar surface area (TPSA) is 35.5 Å². The van der Waals surface area contributed by atoms with Crippen LogP contribution < -0.4 is 0 Å². The van der Waals surface area contributed by atoms with E-state index in [1.165, 1.54) is 0 Å². The summed E-state index contributed by atoms with van der Waals surface area (Å²) in [5, 5.41) is 0. The fourth-order valence-electron chi connectivity index (χ4n) is 1.58. The van der Waals surface area contributed by atoms with E-state index < -0.39 is 0 Å². The lowest BCUT2D eigenvalue weighted by Crippen LogP contribution is -2.17. The molecular weight excluding hydrogens is 192 g/mol. The molecule has 1 aliphatic rings. The Hall–Kier alpha value is -1.19. The molecule has 80 valence electrons. The molecule has 3 heteroatoms. The highest BCUT2D eigenvalue weighted by molar-refractivity contribution is 5.94. The second kappa shape index (κ2) is 4.55. The Balaban J connectivity index is 2.19. The van der Waals surface area contributed by atoms with Crippen molar-refractivity contribution in [3.63, 3.8) is 0 Å². The van der Waals surface area contributed by atoms with Gasteiger partial charge in [-0.2, -0.15) is 0 Å². The Morgan fingerprint density at radius 2 is 2.07 bits per heavy atom. The molecule has 0 radical (unpaired) electrons. The van der Waals surface area contributed by atoms with Crippen LogP contribution in [0.4, 0.5) is 0 Å². The molecule has 0 aliphatic carbocycles. The quantitative estimate of drug-likeness (QED) is 0.696. The van der Waals surface area contributed by atoms with Gasteiger partial charge in [0.05, 0.1) is 13.2 Å². The molecule has 2 rings (SSSR count). The first-order chi connectivity index (χ1) is 7.27. The number of hydrogen-bond donors (Lipinski definition) is 0. The number of rotatable bonds is 2. The number of hydrogen-bond acceptors (Lipinski definition) is 3. The van der Waals surface area contributed by atoms with Crippen molar-refractivity contribution in [2.75, 3.05) is 13.2 Å². The van der Waals surface area contributed by atoms with Crippen LogP contribution in [0.15, 0.2) is 24.3 Å². The van der Waals surface area contributed by atoms with Gasteiger partial charge in [-0.1, -0.05) is 18.2 Å². The SMILES string of the molecule is CC(=O)c1cccc(C2OCCCO2)c1. The molecule has 0 bridgehead atoms. The molecule has 0 atom stereocenters. The molecule has 0 unspecified atom stereocenters. The van der Waals surface area contributed by atoms with Crippen LogP contribution in [-0.4, -0.2) is 19.0 Å². The summed E-state index contributed by atoms with van der Waals surface area (Å²) >= 11 is 0. The number of carbonyl (C=O) groups is 1. The van der Waals surface area contributed by atoms with Crippen LogP contribution in [-0.2, 0) is 9.47 Å². The zero-order valence-electron chi connectivity index (χ0n) is 8.73. The maximum Gasteiger partial charge on any atom is 0.183 e. The number of benzene rings is 1. The van der Waals surface area contributed by atoms with Crippen molar-refractivity contribution in [2.45, 2.75) is 19.6 Å². The molecule has 1 fully saturated rings. The van der Waals surface area contributed by atoms with Crippen LogP contribution in [0.3, 0.4) is 0 Å². The highest BCUT2D eigenvalue weighted by atomic mass is 16.7. The zero-order chi connectivity index (χ0) is 10.7. The van der Waals surface area contributed by atoms with Crippen LogP contribution in [0.5, 0.6) is 0 Å². The minimum atomic E-state index is -0.307. The highest BCUT2D eigenvalue weighted by Crippen LogP contribution is 2.23. The van der Waals surface area contributed by atoms with Gasteiger partial charge < -0.3 is 9.47 Å². The third kappa shape index (κ3) is 2.43. The van der Waals surface area contributed by atoms with Gasteiger partial charge in [0, 0.05) is 11.1 Å². The predicted octanol–water partition coefficient (Wildman–Crippen LogP) is 2.32. The van der Waals surface area contributed by atoms with Crippen molar-refractivity contribution >= 4 is 5.78 Å². The van der Waals surface area contributed by atoms with E-state index in [0.717, 1.165) is 25.2 Å². The van der Waals surface area contributed by atoms with E-state index in [1.54, 1.807) is 13.0 Å². The number of ether oxygens (including phenoxy) is 2. The van der Waals surface area contributed by atoms with Crippen molar-refractivity contribution in [3.8, 4) is 0 Å². The van der Waals surface area contributed by atoms with Gasteiger partial charge in [0.2, 0.25) is 0 Å². The Morgan fingerprint density at radius 3 is 2.73 bits per heavy atom. The van der Waals surface area contributed by atoms with Crippen molar-refractivity contribution in [3.05, 3.63) is 35.4 Å². The van der Waals surface area contributed by atoms with Crippen LogP contribution in [0.25, 0.3) is 0 Å². The second-order valence-corrected chi connectivity index (χ2v) is 3.61. The zero-order valence-corrected chi connectivity index (χ0v) is 8.73. The van der Waals surface area contributed by atoms with Gasteiger partial charge in [-0.25, -0.2) is 0 Å². The van der Waals surface area contributed by atoms with Gasteiger partial charge in [0.15, 0.2) is 12.1 Å². The molecule has 3 nitrogen and oxygen atoms in total. The third-order valence-electron chi connectivity index (χ3n) is 2.39. The first-order valence-electron chi connectivity index (χ1n) is 5.11. The number of Topliss-reactive ketones (excluding diaryl/α,β-unsaturated/α-hetero) is 1. The van der Waals surface area contributed by atoms with Crippen molar-refractivity contribution in [1.82, 2.24) is 0 Å². The lowest BCUT2D eigenvalue weighted by molar-refractivity contribution is -0.183. The summed E-state index contributed by atoms with van der Waals surface area (Å²) in [7, 11) is 0. The van der Waals surface area contributed by atoms with E-state index >= 15 is 0 Å². The lowest BCUT2D eigenvalue weighted by Gasteiger charge is -2.23. The third-order valence-corrected chi connectivity index (χ3v) is 2.39. The lowest BCUT2D eigenvalue weighted by atomic mass is 10.1. The van der Waals surface area contributed by atoms with Crippen LogP contribution >= 0.6 is 0 Å². The van der Waals surface area contributed by atoms with Crippen molar-refractivity contribution in [2.24, 2.45) is 0 Å². The number of carbonyl (C=O) groups excluding carboxylic acids is 1. The summed E-state index contributed by atoms with van der Waals surface area (Å²) in [5.41, 5.74) is 1.62. The summed E-state index contributed by atoms with van der Waals surface area (Å²) in [6.07, 6.45) is 0.626. The van der Waals surface area contributed by atoms with Crippen LogP contribution in [0.1, 0.15) is 35.6 Å². The maximum atomic E-state index is 11.2. The van der Waals surface area contributed by atoms with Crippen molar-refractivity contribution in [1.29, 1.82) is 0 Å². The Bertz CT molecular complexity index is 354. The van der Waals surface area contributed by atoms with Gasteiger partial charge in [-0.15, -0.1) is 0 Å². The first-order valence-corrected chi connectivity index (χ1v) is 5.11. The molecule has 0 amide bonds. The largest absolute Gasteiger partial charge is 0.348 e. The van der Waals surface area contributed by atoms with Crippen LogP contribution in [0, 0.1) is 0 Å². The standard InChI is InChI=1S/C12H14O3/c1-9(13)10-4-2-5-11(8-10)12-14-6-3-7-15-12/h2,4-5,8,12H,3,6-7H2,1H3. The maximum absolute atomic E-state index is 11.2. The summed E-state index contributed by atoms with van der Waals surface area (Å²) in [4.78, 5) is 11.2. The smallest absolute Gasteiger partial charge is 0.183 e. The number of ketones is 1. The molecule has 1 aromatic carbocycles. The molecule has 1 saturated heterocycles. The normalized spacial score (nSPS) is 17.7. The molecule has 1 aromatic rings. The molecule has 0 N–H and O–H groups in total. The summed E-state index contributed by atoms with van der Waals surface area (Å²) in [6, 6.07) is 7.41. The molecule has 0 aromatic heterocycles. The Kier molecular flexibility index (Phi) is 3.14. The Morgan fingerprint density at radius 1 is 1.33 bits per heavy atom. The van der Waals surface area contributed by atoms with E-state index in [1.807, 2.05) is 18.2 Å². The molecular formula is C12H14O3. The monoisotopic (exact) mass is 206 g/mol. The van der Waals surface area contributed by atoms with Gasteiger partial charge in [0.25, 0.3) is 0 Å². The van der Waals surface area contributed by atoms with Gasteiger partial charge in [0.1, 0.15) is 0 Å². The molecule has 0 spiro atoms. The minimum Gasteiger partial charge on any atom is -0.348 e. The minimum absolute atomic E-state index is 0.0626. The van der Waals surface area contributed by atoms with E-state index in [-0.39, 0.29) is 12.1 Å². The first kappa shape index (κ1) is 10.3. The fraction of sp³-hybridized carbons (Fsp3) is 0.417. The molecule has 15 heavy (non-hydrogen) atoms.